The summed E-state index contributed by atoms with van der Waals surface area (Å²) in [5.41, 5.74) is 0.179. The number of hydrogen-bond acceptors (Lipinski definition) is 3. The molecule has 0 radical (unpaired) electrons. The largest absolute Gasteiger partial charge is 0.573 e. The molecule has 136 valence electrons. The molecule has 1 aliphatic carbocycles. The first-order chi connectivity index (χ1) is 10.9. The Balaban J connectivity index is 2.05. The summed E-state index contributed by atoms with van der Waals surface area (Å²) in [7, 11) is -3.77. The highest BCUT2D eigenvalue weighted by Gasteiger charge is 2.35. The monoisotopic (exact) mass is 365 g/mol. The number of alkyl halides is 3. The van der Waals surface area contributed by atoms with E-state index in [0.29, 0.717) is 5.92 Å². The molecule has 0 saturated heterocycles. The quantitative estimate of drug-likeness (QED) is 0.875. The second-order valence-electron chi connectivity index (χ2n) is 7.00. The molecule has 1 aromatic rings. The molecule has 0 heterocycles. The van der Waals surface area contributed by atoms with Gasteiger partial charge >= 0.3 is 6.36 Å². The third-order valence-corrected chi connectivity index (χ3v) is 6.34. The average Bonchev–Trinajstić information content (AvgIpc) is 2.42. The Labute approximate surface area is 140 Å². The summed E-state index contributed by atoms with van der Waals surface area (Å²) in [4.78, 5) is -0.0745. The van der Waals surface area contributed by atoms with Crippen LogP contribution < -0.4 is 9.46 Å². The predicted molar refractivity (Wildman–Crippen MR) is 84.0 cm³/mol. The maximum Gasteiger partial charge on any atom is 0.573 e. The molecular weight excluding hydrogens is 343 g/mol. The molecule has 1 saturated carbocycles. The Morgan fingerprint density at radius 2 is 1.79 bits per heavy atom. The summed E-state index contributed by atoms with van der Waals surface area (Å²) in [6.45, 7) is 6.44. The van der Waals surface area contributed by atoms with Crippen LogP contribution in [0.25, 0.3) is 0 Å². The number of nitrogens with one attached hydrogen (secondary N) is 1. The van der Waals surface area contributed by atoms with E-state index in [1.165, 1.54) is 0 Å². The van der Waals surface area contributed by atoms with Gasteiger partial charge in [0.05, 0.1) is 4.90 Å². The molecule has 1 aromatic carbocycles. The Morgan fingerprint density at radius 1 is 1.21 bits per heavy atom. The highest BCUT2D eigenvalue weighted by Crippen LogP contribution is 2.40. The zero-order valence-electron chi connectivity index (χ0n) is 13.9. The van der Waals surface area contributed by atoms with Crippen LogP contribution in [-0.2, 0) is 10.0 Å². The summed E-state index contributed by atoms with van der Waals surface area (Å²) >= 11 is 0. The van der Waals surface area contributed by atoms with Crippen LogP contribution in [0.3, 0.4) is 0 Å². The zero-order valence-corrected chi connectivity index (χ0v) is 14.7. The van der Waals surface area contributed by atoms with Gasteiger partial charge in [0.1, 0.15) is 5.75 Å². The van der Waals surface area contributed by atoms with Crippen molar-refractivity contribution in [3.8, 4) is 5.75 Å². The molecule has 2 atom stereocenters. The van der Waals surface area contributed by atoms with E-state index in [1.807, 2.05) is 0 Å². The number of sulfonamides is 1. The van der Waals surface area contributed by atoms with E-state index in [0.717, 1.165) is 43.5 Å². The molecule has 4 nitrogen and oxygen atoms in total. The van der Waals surface area contributed by atoms with Crippen molar-refractivity contribution in [2.24, 2.45) is 11.3 Å². The molecule has 0 spiro atoms. The molecule has 0 bridgehead atoms. The predicted octanol–water partition coefficient (Wildman–Crippen LogP) is 4.08. The summed E-state index contributed by atoms with van der Waals surface area (Å²) < 4.78 is 67.6. The third kappa shape index (κ3) is 4.86. The lowest BCUT2D eigenvalue weighted by molar-refractivity contribution is -0.274. The molecular formula is C16H22F3NO3S. The number of benzene rings is 1. The Kier molecular flexibility index (Phi) is 5.20. The van der Waals surface area contributed by atoms with Gasteiger partial charge in [0.2, 0.25) is 10.0 Å². The van der Waals surface area contributed by atoms with E-state index in [1.54, 1.807) is 0 Å². The Morgan fingerprint density at radius 3 is 2.29 bits per heavy atom. The van der Waals surface area contributed by atoms with E-state index in [2.05, 4.69) is 30.2 Å². The second kappa shape index (κ2) is 6.55. The van der Waals surface area contributed by atoms with Crippen LogP contribution >= 0.6 is 0 Å². The van der Waals surface area contributed by atoms with Gasteiger partial charge in [-0.05, 0) is 54.9 Å². The van der Waals surface area contributed by atoms with E-state index in [4.69, 9.17) is 0 Å². The van der Waals surface area contributed by atoms with Crippen molar-refractivity contribution >= 4 is 10.0 Å². The standard InChI is InChI=1S/C16H22F3NO3S/c1-11-10-12(8-9-15(11,2)3)20-24(21,22)14-6-4-13(5-7-14)23-16(17,18)19/h4-7,11-12,20H,8-10H2,1-3H3. The lowest BCUT2D eigenvalue weighted by Gasteiger charge is -2.40. The highest BCUT2D eigenvalue weighted by atomic mass is 32.2. The van der Waals surface area contributed by atoms with Crippen LogP contribution in [0.1, 0.15) is 40.0 Å². The van der Waals surface area contributed by atoms with Crippen LogP contribution in [0.5, 0.6) is 5.75 Å². The first kappa shape index (κ1) is 19.1. The molecule has 1 aliphatic rings. The minimum absolute atomic E-state index is 0.0745. The first-order valence-electron chi connectivity index (χ1n) is 7.77. The number of hydrogen-bond donors (Lipinski definition) is 1. The van der Waals surface area contributed by atoms with Crippen molar-refractivity contribution in [2.45, 2.75) is 57.3 Å². The minimum Gasteiger partial charge on any atom is -0.406 e. The SMILES string of the molecule is CC1CC(NS(=O)(=O)c2ccc(OC(F)(F)F)cc2)CCC1(C)C. The maximum atomic E-state index is 12.4. The van der Waals surface area contributed by atoms with Crippen LogP contribution in [0, 0.1) is 11.3 Å². The lowest BCUT2D eigenvalue weighted by Crippen LogP contribution is -2.42. The smallest absolute Gasteiger partial charge is 0.406 e. The fourth-order valence-corrected chi connectivity index (χ4v) is 4.15. The van der Waals surface area contributed by atoms with E-state index in [-0.39, 0.29) is 16.4 Å². The fourth-order valence-electron chi connectivity index (χ4n) is 2.87. The Hall–Kier alpha value is -1.28. The van der Waals surface area contributed by atoms with Gasteiger partial charge in [0.25, 0.3) is 0 Å². The van der Waals surface area contributed by atoms with Crippen molar-refractivity contribution < 1.29 is 26.3 Å². The van der Waals surface area contributed by atoms with Crippen LogP contribution in [0.15, 0.2) is 29.2 Å². The molecule has 2 rings (SSSR count). The lowest BCUT2D eigenvalue weighted by atomic mass is 9.68. The molecule has 1 N–H and O–H groups in total. The average molecular weight is 365 g/mol. The molecule has 2 unspecified atom stereocenters. The van der Waals surface area contributed by atoms with Gasteiger partial charge in [-0.15, -0.1) is 13.2 Å². The van der Waals surface area contributed by atoms with Gasteiger partial charge in [-0.3, -0.25) is 0 Å². The first-order valence-corrected chi connectivity index (χ1v) is 9.25. The van der Waals surface area contributed by atoms with Crippen molar-refractivity contribution in [2.75, 3.05) is 0 Å². The van der Waals surface area contributed by atoms with E-state index >= 15 is 0 Å². The van der Waals surface area contributed by atoms with Crippen molar-refractivity contribution in [1.29, 1.82) is 0 Å². The summed E-state index contributed by atoms with van der Waals surface area (Å²) in [5.74, 6) is -0.0731. The number of rotatable bonds is 4. The molecule has 24 heavy (non-hydrogen) atoms. The molecule has 0 amide bonds. The van der Waals surface area contributed by atoms with Gasteiger partial charge < -0.3 is 4.74 Å². The summed E-state index contributed by atoms with van der Waals surface area (Å²) in [6, 6.07) is 4.05. The van der Waals surface area contributed by atoms with Crippen molar-refractivity contribution in [3.05, 3.63) is 24.3 Å². The summed E-state index contributed by atoms with van der Waals surface area (Å²) in [5, 5.41) is 0. The number of halogens is 3. The van der Waals surface area contributed by atoms with Gasteiger partial charge in [-0.25, -0.2) is 13.1 Å². The third-order valence-electron chi connectivity index (χ3n) is 4.80. The number of ether oxygens (including phenoxy) is 1. The van der Waals surface area contributed by atoms with Crippen LogP contribution in [0.2, 0.25) is 0 Å². The Bertz CT molecular complexity index is 669. The van der Waals surface area contributed by atoms with Crippen molar-refractivity contribution in [3.63, 3.8) is 0 Å². The second-order valence-corrected chi connectivity index (χ2v) is 8.72. The molecule has 8 heteroatoms. The normalized spacial score (nSPS) is 24.6. The fraction of sp³-hybridized carbons (Fsp3) is 0.625. The van der Waals surface area contributed by atoms with Gasteiger partial charge in [-0.1, -0.05) is 20.8 Å². The van der Waals surface area contributed by atoms with Gasteiger partial charge in [-0.2, -0.15) is 0 Å². The minimum atomic E-state index is -4.80. The topological polar surface area (TPSA) is 55.4 Å². The summed E-state index contributed by atoms with van der Waals surface area (Å²) in [6.07, 6.45) is -2.41. The van der Waals surface area contributed by atoms with Gasteiger partial charge in [0, 0.05) is 6.04 Å². The molecule has 0 aliphatic heterocycles. The molecule has 1 fully saturated rings. The zero-order chi connectivity index (χ0) is 18.2. The van der Waals surface area contributed by atoms with Gasteiger partial charge in [0.15, 0.2) is 0 Å². The highest BCUT2D eigenvalue weighted by molar-refractivity contribution is 7.89. The van der Waals surface area contributed by atoms with E-state index in [9.17, 15) is 21.6 Å². The van der Waals surface area contributed by atoms with Crippen LogP contribution in [0.4, 0.5) is 13.2 Å². The van der Waals surface area contributed by atoms with E-state index < -0.39 is 22.1 Å². The molecule has 0 aromatic heterocycles. The van der Waals surface area contributed by atoms with Crippen molar-refractivity contribution in [1.82, 2.24) is 4.72 Å². The maximum absolute atomic E-state index is 12.4. The van der Waals surface area contributed by atoms with Crippen LogP contribution in [-0.4, -0.2) is 20.8 Å².